The number of likely N-dealkylation sites (tertiary alicyclic amines) is 1. The van der Waals surface area contributed by atoms with Crippen molar-refractivity contribution >= 4 is 39.6 Å². The van der Waals surface area contributed by atoms with Crippen LogP contribution in [0.5, 0.6) is 5.75 Å². The van der Waals surface area contributed by atoms with Gasteiger partial charge in [-0.3, -0.25) is 4.98 Å². The molecule has 0 amide bonds. The van der Waals surface area contributed by atoms with E-state index in [2.05, 4.69) is 28.3 Å². The summed E-state index contributed by atoms with van der Waals surface area (Å²) in [6.07, 6.45) is 3.48. The van der Waals surface area contributed by atoms with Gasteiger partial charge in [-0.1, -0.05) is 11.6 Å². The molecule has 4 rings (SSSR count). The van der Waals surface area contributed by atoms with E-state index in [1.54, 1.807) is 18.2 Å². The van der Waals surface area contributed by atoms with E-state index in [-0.39, 0.29) is 11.1 Å². The Kier molecular flexibility index (Phi) is 5.62. The molecule has 30 heavy (non-hydrogen) atoms. The Labute approximate surface area is 179 Å². The van der Waals surface area contributed by atoms with E-state index >= 15 is 0 Å². The number of nitrogens with one attached hydrogen (secondary N) is 1. The van der Waals surface area contributed by atoms with Crippen molar-refractivity contribution < 1.29 is 9.13 Å². The van der Waals surface area contributed by atoms with Gasteiger partial charge in [-0.25, -0.2) is 4.39 Å². The summed E-state index contributed by atoms with van der Waals surface area (Å²) in [7, 11) is 2.10. The average Bonchev–Trinajstić information content (AvgIpc) is 2.73. The Balaban J connectivity index is 1.70. The van der Waals surface area contributed by atoms with E-state index < -0.39 is 5.82 Å². The first-order chi connectivity index (χ1) is 14.4. The second-order valence-electron chi connectivity index (χ2n) is 7.44. The van der Waals surface area contributed by atoms with E-state index in [0.29, 0.717) is 39.3 Å². The van der Waals surface area contributed by atoms with Crippen LogP contribution in [0.25, 0.3) is 10.9 Å². The average molecular weight is 426 g/mol. The van der Waals surface area contributed by atoms with E-state index in [1.807, 2.05) is 0 Å². The normalized spacial score (nSPS) is 15.1. The van der Waals surface area contributed by atoms with Crippen molar-refractivity contribution in [3.05, 3.63) is 52.9 Å². The molecule has 0 unspecified atom stereocenters. The van der Waals surface area contributed by atoms with Crippen molar-refractivity contribution in [2.24, 2.45) is 0 Å². The lowest BCUT2D eigenvalue weighted by atomic mass is 10.1. The highest BCUT2D eigenvalue weighted by Gasteiger charge is 2.20. The van der Waals surface area contributed by atoms with Gasteiger partial charge in [-0.15, -0.1) is 0 Å². The van der Waals surface area contributed by atoms with Crippen LogP contribution in [0.15, 0.2) is 36.5 Å². The van der Waals surface area contributed by atoms with Crippen molar-refractivity contribution in [2.45, 2.75) is 18.9 Å². The molecule has 0 bridgehead atoms. The molecule has 1 saturated heterocycles. The highest BCUT2D eigenvalue weighted by molar-refractivity contribution is 6.31. The lowest BCUT2D eigenvalue weighted by Crippen LogP contribution is -2.35. The number of halogens is 2. The number of fused-ring (bicyclic) bond motifs is 1. The number of piperidine rings is 1. The standard InChI is InChI=1S/C22H21ClFN5O/c1-29-6-4-15(5-7-29)30-21-10-20-16(9-19(21)26)22(13(11-25)12-27-20)28-14-2-3-18(24)17(23)8-14/h2-3,8-10,12,15H,4-7,26H2,1H3,(H,27,28). The summed E-state index contributed by atoms with van der Waals surface area (Å²) in [5.74, 6) is 0.0762. The molecular formula is C22H21ClFN5O. The van der Waals surface area contributed by atoms with Gasteiger partial charge in [0.15, 0.2) is 0 Å². The summed E-state index contributed by atoms with van der Waals surface area (Å²) < 4.78 is 19.6. The zero-order chi connectivity index (χ0) is 21.3. The van der Waals surface area contributed by atoms with E-state index in [1.165, 1.54) is 18.3 Å². The quantitative estimate of drug-likeness (QED) is 0.589. The fourth-order valence-corrected chi connectivity index (χ4v) is 3.74. The van der Waals surface area contributed by atoms with Crippen LogP contribution in [0, 0.1) is 17.1 Å². The first-order valence-corrected chi connectivity index (χ1v) is 10.0. The molecule has 6 nitrogen and oxygen atoms in total. The number of nitriles is 1. The monoisotopic (exact) mass is 425 g/mol. The van der Waals surface area contributed by atoms with E-state index in [9.17, 15) is 9.65 Å². The molecule has 1 aromatic heterocycles. The van der Waals surface area contributed by atoms with Gasteiger partial charge in [0.05, 0.1) is 27.5 Å². The van der Waals surface area contributed by atoms with Crippen LogP contribution in [-0.4, -0.2) is 36.1 Å². The fourth-order valence-electron chi connectivity index (χ4n) is 3.56. The summed E-state index contributed by atoms with van der Waals surface area (Å²) in [6, 6.07) is 9.96. The number of nitrogen functional groups attached to an aromatic ring is 1. The van der Waals surface area contributed by atoms with Gasteiger partial charge in [0.1, 0.15) is 23.7 Å². The van der Waals surface area contributed by atoms with Gasteiger partial charge in [0.25, 0.3) is 0 Å². The molecule has 1 aliphatic rings. The van der Waals surface area contributed by atoms with Crippen LogP contribution < -0.4 is 15.8 Å². The first-order valence-electron chi connectivity index (χ1n) is 9.64. The summed E-state index contributed by atoms with van der Waals surface area (Å²) in [5.41, 5.74) is 8.82. The zero-order valence-electron chi connectivity index (χ0n) is 16.5. The third-order valence-electron chi connectivity index (χ3n) is 5.27. The molecule has 0 saturated carbocycles. The van der Waals surface area contributed by atoms with E-state index in [0.717, 1.165) is 25.9 Å². The van der Waals surface area contributed by atoms with Crippen LogP contribution in [-0.2, 0) is 0 Å². The number of ether oxygens (including phenoxy) is 1. The van der Waals surface area contributed by atoms with Crippen molar-refractivity contribution in [2.75, 3.05) is 31.2 Å². The molecule has 2 heterocycles. The van der Waals surface area contributed by atoms with Crippen molar-refractivity contribution in [1.29, 1.82) is 5.26 Å². The SMILES string of the molecule is CN1CCC(Oc2cc3ncc(C#N)c(Nc4ccc(F)c(Cl)c4)c3cc2N)CC1. The molecule has 0 radical (unpaired) electrons. The minimum Gasteiger partial charge on any atom is -0.488 e. The van der Waals surface area contributed by atoms with Crippen LogP contribution in [0.2, 0.25) is 5.02 Å². The van der Waals surface area contributed by atoms with Crippen LogP contribution in [0.4, 0.5) is 21.5 Å². The Morgan fingerprint density at radius 1 is 1.30 bits per heavy atom. The Bertz CT molecular complexity index is 1140. The summed E-state index contributed by atoms with van der Waals surface area (Å²) in [6.45, 7) is 1.96. The molecule has 3 aromatic rings. The smallest absolute Gasteiger partial charge is 0.144 e. The largest absolute Gasteiger partial charge is 0.488 e. The highest BCUT2D eigenvalue weighted by Crippen LogP contribution is 2.36. The molecule has 0 atom stereocenters. The minimum absolute atomic E-state index is 0.00908. The lowest BCUT2D eigenvalue weighted by molar-refractivity contribution is 0.115. The number of hydrogen-bond donors (Lipinski definition) is 2. The van der Waals surface area contributed by atoms with Gasteiger partial charge in [-0.2, -0.15) is 5.26 Å². The van der Waals surface area contributed by atoms with Crippen molar-refractivity contribution in [3.63, 3.8) is 0 Å². The van der Waals surface area contributed by atoms with Gasteiger partial charge >= 0.3 is 0 Å². The zero-order valence-corrected chi connectivity index (χ0v) is 17.2. The highest BCUT2D eigenvalue weighted by atomic mass is 35.5. The van der Waals surface area contributed by atoms with Gasteiger partial charge in [-0.05, 0) is 44.2 Å². The molecule has 1 aliphatic heterocycles. The first kappa shape index (κ1) is 20.2. The van der Waals surface area contributed by atoms with Crippen molar-refractivity contribution in [3.8, 4) is 11.8 Å². The van der Waals surface area contributed by atoms with Crippen LogP contribution in [0.3, 0.4) is 0 Å². The summed E-state index contributed by atoms with van der Waals surface area (Å²) >= 11 is 5.89. The van der Waals surface area contributed by atoms with Crippen molar-refractivity contribution in [1.82, 2.24) is 9.88 Å². The maximum Gasteiger partial charge on any atom is 0.144 e. The van der Waals surface area contributed by atoms with Gasteiger partial charge in [0.2, 0.25) is 0 Å². The molecular weight excluding hydrogens is 405 g/mol. The minimum atomic E-state index is -0.512. The third-order valence-corrected chi connectivity index (χ3v) is 5.56. The topological polar surface area (TPSA) is 87.2 Å². The molecule has 0 aliphatic carbocycles. The predicted octanol–water partition coefficient (Wildman–Crippen LogP) is 4.70. The van der Waals surface area contributed by atoms with Crippen LogP contribution >= 0.6 is 11.6 Å². The maximum atomic E-state index is 13.5. The molecule has 2 aromatic carbocycles. The fraction of sp³-hybridized carbons (Fsp3) is 0.273. The summed E-state index contributed by atoms with van der Waals surface area (Å²) in [5, 5.41) is 13.4. The molecule has 1 fully saturated rings. The van der Waals surface area contributed by atoms with E-state index in [4.69, 9.17) is 22.1 Å². The second kappa shape index (κ2) is 8.34. The Morgan fingerprint density at radius 3 is 2.77 bits per heavy atom. The molecule has 154 valence electrons. The molecule has 3 N–H and O–H groups in total. The maximum absolute atomic E-state index is 13.5. The number of nitrogens with two attached hydrogens (primary N) is 1. The number of aromatic nitrogens is 1. The molecule has 0 spiro atoms. The van der Waals surface area contributed by atoms with Gasteiger partial charge in [0, 0.05) is 36.4 Å². The number of rotatable bonds is 4. The van der Waals surface area contributed by atoms with Crippen LogP contribution in [0.1, 0.15) is 18.4 Å². The van der Waals surface area contributed by atoms with Gasteiger partial charge < -0.3 is 20.7 Å². The third kappa shape index (κ3) is 4.11. The lowest BCUT2D eigenvalue weighted by Gasteiger charge is -2.29. The number of benzene rings is 2. The Hall–Kier alpha value is -3.08. The summed E-state index contributed by atoms with van der Waals surface area (Å²) in [4.78, 5) is 6.67. The number of pyridine rings is 1. The number of anilines is 3. The number of hydrogen-bond acceptors (Lipinski definition) is 6. The Morgan fingerprint density at radius 2 is 2.07 bits per heavy atom. The number of nitrogens with zero attached hydrogens (tertiary/aromatic N) is 3. The molecule has 8 heteroatoms. The second-order valence-corrected chi connectivity index (χ2v) is 7.85. The predicted molar refractivity (Wildman–Crippen MR) is 117 cm³/mol.